The van der Waals surface area contributed by atoms with E-state index in [-0.39, 0.29) is 25.7 Å². The van der Waals surface area contributed by atoms with E-state index in [1.165, 1.54) is 295 Å². The Bertz CT molecular complexity index is 2070. The first kappa shape index (κ1) is 106. The van der Waals surface area contributed by atoms with Gasteiger partial charge in [-0.25, -0.2) is 9.13 Å². The summed E-state index contributed by atoms with van der Waals surface area (Å²) in [6, 6.07) is 0. The second-order valence-electron chi connectivity index (χ2n) is 32.7. The van der Waals surface area contributed by atoms with Gasteiger partial charge >= 0.3 is 39.5 Å². The topological polar surface area (TPSA) is 237 Å². The van der Waals surface area contributed by atoms with Gasteiger partial charge in [0.1, 0.15) is 19.3 Å². The summed E-state index contributed by atoms with van der Waals surface area (Å²) in [5.74, 6) is -0.451. The van der Waals surface area contributed by atoms with Crippen molar-refractivity contribution in [1.29, 1.82) is 0 Å². The molecule has 0 radical (unpaired) electrons. The summed E-state index contributed by atoms with van der Waals surface area (Å²) in [5, 5.41) is 10.7. The van der Waals surface area contributed by atoms with Crippen LogP contribution in [-0.2, 0) is 65.4 Å². The van der Waals surface area contributed by atoms with Gasteiger partial charge in [0.25, 0.3) is 0 Å². The molecule has 0 saturated carbocycles. The van der Waals surface area contributed by atoms with Gasteiger partial charge in [-0.1, -0.05) is 427 Å². The zero-order valence-electron chi connectivity index (χ0n) is 71.2. The van der Waals surface area contributed by atoms with Crippen molar-refractivity contribution >= 4 is 39.5 Å². The van der Waals surface area contributed by atoms with Gasteiger partial charge in [0.05, 0.1) is 26.4 Å². The summed E-state index contributed by atoms with van der Waals surface area (Å²) < 4.78 is 69.0. The molecule has 108 heavy (non-hydrogen) atoms. The number of unbranched alkanes of at least 4 members (excludes halogenated alkanes) is 57. The van der Waals surface area contributed by atoms with Gasteiger partial charge in [0.15, 0.2) is 12.2 Å². The maximum absolute atomic E-state index is 13.2. The van der Waals surface area contributed by atoms with Gasteiger partial charge in [-0.2, -0.15) is 0 Å². The standard InChI is InChI=1S/C89H174O17P2/c1-7-10-12-14-16-18-20-22-23-24-25-26-27-28-37-43-49-55-61-67-73-88(93)105-85(78-100-87(92)72-66-60-54-48-42-36-32-30-35-40-46-52-58-64-70-82(6)9-3)80-104-108(97,98)102-76-83(90)75-101-107(95,96)103-79-84(77-99-86(91)71-65-59-53-47-41-33-21-19-17-15-13-11-8-2)106-89(94)74-68-62-56-50-44-38-31-29-34-39-45-51-57-63-69-81(4)5/h81-85,90H,7-80H2,1-6H3,(H,95,96)(H,97,98)/t82?,83-,84+,85+/m0/s1. The molecule has 19 heteroatoms. The maximum atomic E-state index is 13.2. The molecule has 0 amide bonds. The highest BCUT2D eigenvalue weighted by molar-refractivity contribution is 7.47. The molecule has 0 fully saturated rings. The van der Waals surface area contributed by atoms with Crippen LogP contribution in [0.2, 0.25) is 0 Å². The van der Waals surface area contributed by atoms with E-state index in [1.54, 1.807) is 0 Å². The van der Waals surface area contributed by atoms with Gasteiger partial charge in [-0.15, -0.1) is 0 Å². The van der Waals surface area contributed by atoms with Crippen LogP contribution in [-0.4, -0.2) is 96.7 Å². The molecule has 0 aliphatic carbocycles. The average Bonchev–Trinajstić information content (AvgIpc) is 0.900. The van der Waals surface area contributed by atoms with Gasteiger partial charge in [0.2, 0.25) is 0 Å². The number of aliphatic hydroxyl groups is 1. The zero-order valence-corrected chi connectivity index (χ0v) is 73.0. The minimum Gasteiger partial charge on any atom is -0.462 e. The Morgan fingerprint density at radius 1 is 0.269 bits per heavy atom. The molecule has 642 valence electrons. The summed E-state index contributed by atoms with van der Waals surface area (Å²) in [6.45, 7) is 9.78. The summed E-state index contributed by atoms with van der Waals surface area (Å²) >= 11 is 0. The Hall–Kier alpha value is -1.94. The molecule has 0 rings (SSSR count). The van der Waals surface area contributed by atoms with Crippen LogP contribution >= 0.6 is 15.6 Å². The molecule has 0 bridgehead atoms. The lowest BCUT2D eigenvalue weighted by Crippen LogP contribution is -2.30. The Morgan fingerprint density at radius 2 is 0.472 bits per heavy atom. The number of esters is 4. The van der Waals surface area contributed by atoms with E-state index >= 15 is 0 Å². The second-order valence-corrected chi connectivity index (χ2v) is 35.6. The molecule has 0 heterocycles. The highest BCUT2D eigenvalue weighted by Gasteiger charge is 2.31. The fourth-order valence-corrected chi connectivity index (χ4v) is 15.5. The molecule has 0 aromatic carbocycles. The van der Waals surface area contributed by atoms with Crippen LogP contribution in [0.4, 0.5) is 0 Å². The van der Waals surface area contributed by atoms with E-state index < -0.39 is 97.5 Å². The SMILES string of the molecule is CCCCCCCCCCCCCCCCCCCCCCC(=O)O[C@H](COC(=O)CCCCCCCCCCCCCCCCC(C)CC)COP(=O)(O)OC[C@@H](O)COP(=O)(O)OC[C@@H](COC(=O)CCCCCCCCCCCCCCC)OC(=O)CCCCCCCCCCCCCCCCC(C)C. The largest absolute Gasteiger partial charge is 0.472 e. The van der Waals surface area contributed by atoms with Crippen LogP contribution in [0, 0.1) is 11.8 Å². The molecule has 0 spiro atoms. The predicted octanol–water partition coefficient (Wildman–Crippen LogP) is 27.4. The smallest absolute Gasteiger partial charge is 0.462 e. The average molecular weight is 1580 g/mol. The third kappa shape index (κ3) is 80.7. The van der Waals surface area contributed by atoms with E-state index in [0.717, 1.165) is 102 Å². The van der Waals surface area contributed by atoms with Gasteiger partial charge in [-0.05, 0) is 37.5 Å². The first-order valence-electron chi connectivity index (χ1n) is 46.0. The number of carbonyl (C=O) groups excluding carboxylic acids is 4. The predicted molar refractivity (Wildman–Crippen MR) is 446 cm³/mol. The summed E-state index contributed by atoms with van der Waals surface area (Å²) in [5.41, 5.74) is 0. The van der Waals surface area contributed by atoms with E-state index in [4.69, 9.17) is 37.0 Å². The summed E-state index contributed by atoms with van der Waals surface area (Å²) in [6.07, 6.45) is 73.4. The number of aliphatic hydroxyl groups excluding tert-OH is 1. The van der Waals surface area contributed by atoms with Crippen LogP contribution < -0.4 is 0 Å². The minimum atomic E-state index is -4.97. The van der Waals surface area contributed by atoms with Crippen molar-refractivity contribution in [2.45, 2.75) is 496 Å². The number of phosphoric acid groups is 2. The molecule has 3 N–H and O–H groups in total. The second kappa shape index (κ2) is 80.3. The van der Waals surface area contributed by atoms with Crippen LogP contribution in [0.5, 0.6) is 0 Å². The molecular formula is C89H174O17P2. The van der Waals surface area contributed by atoms with Crippen LogP contribution in [0.3, 0.4) is 0 Å². The van der Waals surface area contributed by atoms with Crippen molar-refractivity contribution in [2.24, 2.45) is 11.8 Å². The first-order valence-corrected chi connectivity index (χ1v) is 49.0. The highest BCUT2D eigenvalue weighted by Crippen LogP contribution is 2.45. The monoisotopic (exact) mass is 1580 g/mol. The quantitative estimate of drug-likeness (QED) is 0.0222. The van der Waals surface area contributed by atoms with Gasteiger partial charge in [0, 0.05) is 25.7 Å². The molecule has 0 aliphatic heterocycles. The van der Waals surface area contributed by atoms with E-state index in [2.05, 4.69) is 41.5 Å². The molecule has 17 nitrogen and oxygen atoms in total. The lowest BCUT2D eigenvalue weighted by atomic mass is 9.99. The number of rotatable bonds is 88. The van der Waals surface area contributed by atoms with E-state index in [0.29, 0.717) is 25.7 Å². The van der Waals surface area contributed by atoms with Crippen molar-refractivity contribution in [2.75, 3.05) is 39.6 Å². The normalized spacial score (nSPS) is 14.0. The number of hydrogen-bond donors (Lipinski definition) is 3. The summed E-state index contributed by atoms with van der Waals surface area (Å²) in [7, 11) is -9.93. The van der Waals surface area contributed by atoms with Crippen molar-refractivity contribution in [3.05, 3.63) is 0 Å². The van der Waals surface area contributed by atoms with Crippen LogP contribution in [0.1, 0.15) is 478 Å². The van der Waals surface area contributed by atoms with E-state index in [1.807, 2.05) is 0 Å². The third-order valence-electron chi connectivity index (χ3n) is 21.3. The number of phosphoric ester groups is 2. The van der Waals surface area contributed by atoms with Crippen molar-refractivity contribution in [3.8, 4) is 0 Å². The van der Waals surface area contributed by atoms with Crippen molar-refractivity contribution in [1.82, 2.24) is 0 Å². The molecule has 3 unspecified atom stereocenters. The maximum Gasteiger partial charge on any atom is 0.472 e. The number of hydrogen-bond acceptors (Lipinski definition) is 15. The van der Waals surface area contributed by atoms with E-state index in [9.17, 15) is 43.2 Å². The molecular weight excluding hydrogens is 1400 g/mol. The Balaban J connectivity index is 5.27. The Kier molecular flexibility index (Phi) is 78.8. The highest BCUT2D eigenvalue weighted by atomic mass is 31.2. The Labute approximate surface area is 664 Å². The lowest BCUT2D eigenvalue weighted by molar-refractivity contribution is -0.161. The van der Waals surface area contributed by atoms with Gasteiger partial charge < -0.3 is 33.8 Å². The van der Waals surface area contributed by atoms with Gasteiger partial charge in [-0.3, -0.25) is 37.3 Å². The lowest BCUT2D eigenvalue weighted by Gasteiger charge is -2.21. The zero-order chi connectivity index (χ0) is 79.2. The van der Waals surface area contributed by atoms with Crippen molar-refractivity contribution in [3.63, 3.8) is 0 Å². The molecule has 0 saturated heterocycles. The minimum absolute atomic E-state index is 0.108. The number of ether oxygens (including phenoxy) is 4. The third-order valence-corrected chi connectivity index (χ3v) is 23.2. The fraction of sp³-hybridized carbons (Fsp3) is 0.955. The summed E-state index contributed by atoms with van der Waals surface area (Å²) in [4.78, 5) is 73.4. The molecule has 6 atom stereocenters. The number of carbonyl (C=O) groups is 4. The molecule has 0 aromatic rings. The molecule has 0 aliphatic rings. The first-order chi connectivity index (χ1) is 52.4. The molecule has 0 aromatic heterocycles. The van der Waals surface area contributed by atoms with Crippen LogP contribution in [0.25, 0.3) is 0 Å². The van der Waals surface area contributed by atoms with Crippen LogP contribution in [0.15, 0.2) is 0 Å². The van der Waals surface area contributed by atoms with Crippen molar-refractivity contribution < 1.29 is 80.2 Å². The fourth-order valence-electron chi connectivity index (χ4n) is 13.9. The Morgan fingerprint density at radius 3 is 0.704 bits per heavy atom.